The van der Waals surface area contributed by atoms with Crippen molar-refractivity contribution in [2.45, 2.75) is 59.9 Å². The second-order valence-corrected chi connectivity index (χ2v) is 8.87. The average molecular weight is 410 g/mol. The first-order chi connectivity index (χ1) is 14.2. The fourth-order valence-corrected chi connectivity index (χ4v) is 3.81. The lowest BCUT2D eigenvalue weighted by Gasteiger charge is -2.37. The third-order valence-electron chi connectivity index (χ3n) is 5.47. The van der Waals surface area contributed by atoms with Crippen LogP contribution in [-0.4, -0.2) is 53.1 Å². The lowest BCUT2D eigenvalue weighted by Crippen LogP contribution is -2.53. The van der Waals surface area contributed by atoms with Crippen molar-refractivity contribution in [3.05, 3.63) is 52.5 Å². The van der Waals surface area contributed by atoms with E-state index in [9.17, 15) is 4.79 Å². The number of nitrogens with one attached hydrogen (secondary N) is 1. The van der Waals surface area contributed by atoms with Crippen LogP contribution in [0.3, 0.4) is 0 Å². The maximum Gasteiger partial charge on any atom is 0.317 e. The molecule has 2 heterocycles. The molecule has 0 aliphatic carbocycles. The molecular formula is C24H35N5O. The maximum atomic E-state index is 12.4. The highest BCUT2D eigenvalue weighted by molar-refractivity contribution is 5.74. The third-order valence-corrected chi connectivity index (χ3v) is 5.47. The summed E-state index contributed by atoms with van der Waals surface area (Å²) in [5.74, 6) is 2.18. The molecular weight excluding hydrogens is 374 g/mol. The first-order valence-corrected chi connectivity index (χ1v) is 11.0. The zero-order valence-corrected chi connectivity index (χ0v) is 19.2. The van der Waals surface area contributed by atoms with Crippen LogP contribution in [0.15, 0.2) is 24.3 Å². The van der Waals surface area contributed by atoms with Crippen molar-refractivity contribution < 1.29 is 4.79 Å². The molecule has 1 aromatic heterocycles. The highest BCUT2D eigenvalue weighted by Gasteiger charge is 2.25. The largest absolute Gasteiger partial charge is 0.353 e. The number of anilines is 1. The topological polar surface area (TPSA) is 61.4 Å². The molecule has 0 spiro atoms. The van der Waals surface area contributed by atoms with Gasteiger partial charge in [0.15, 0.2) is 0 Å². The van der Waals surface area contributed by atoms with Gasteiger partial charge in [0.1, 0.15) is 11.6 Å². The summed E-state index contributed by atoms with van der Waals surface area (Å²) in [5.41, 5.74) is 4.77. The van der Waals surface area contributed by atoms with Gasteiger partial charge in [-0.2, -0.15) is 0 Å². The number of carbonyl (C=O) groups excluding carboxylic acids is 1. The second-order valence-electron chi connectivity index (χ2n) is 8.87. The van der Waals surface area contributed by atoms with Crippen molar-refractivity contribution in [2.75, 3.05) is 31.1 Å². The highest BCUT2D eigenvalue weighted by Crippen LogP contribution is 2.27. The molecule has 0 atom stereocenters. The quantitative estimate of drug-likeness (QED) is 0.809. The molecule has 1 aliphatic rings. The molecule has 162 valence electrons. The van der Waals surface area contributed by atoms with Gasteiger partial charge in [0, 0.05) is 55.8 Å². The van der Waals surface area contributed by atoms with Crippen LogP contribution in [-0.2, 0) is 6.42 Å². The standard InChI is InChI=1S/C24H35N5O/c1-16(2)22-26-19(6)21(15-20-9-7-8-18(5)14-20)23(27-22)28-10-12-29(13-11-28)24(30)25-17(3)4/h7-9,14,16-17H,10-13,15H2,1-6H3,(H,25,30). The summed E-state index contributed by atoms with van der Waals surface area (Å²) in [4.78, 5) is 26.4. The summed E-state index contributed by atoms with van der Waals surface area (Å²) >= 11 is 0. The van der Waals surface area contributed by atoms with E-state index in [2.05, 4.69) is 62.2 Å². The van der Waals surface area contributed by atoms with E-state index in [0.29, 0.717) is 13.1 Å². The van der Waals surface area contributed by atoms with Crippen molar-refractivity contribution in [2.24, 2.45) is 0 Å². The van der Waals surface area contributed by atoms with Gasteiger partial charge >= 0.3 is 6.03 Å². The Hall–Kier alpha value is -2.63. The molecule has 0 unspecified atom stereocenters. The number of piperazine rings is 1. The fourth-order valence-electron chi connectivity index (χ4n) is 3.81. The van der Waals surface area contributed by atoms with Crippen LogP contribution in [0, 0.1) is 13.8 Å². The minimum Gasteiger partial charge on any atom is -0.353 e. The molecule has 1 saturated heterocycles. The van der Waals surface area contributed by atoms with Crippen LogP contribution >= 0.6 is 0 Å². The van der Waals surface area contributed by atoms with Crippen LogP contribution < -0.4 is 10.2 Å². The number of rotatable bonds is 5. The summed E-state index contributed by atoms with van der Waals surface area (Å²) in [6.45, 7) is 15.4. The van der Waals surface area contributed by atoms with Gasteiger partial charge in [-0.15, -0.1) is 0 Å². The Morgan fingerprint density at radius 1 is 1.07 bits per heavy atom. The van der Waals surface area contributed by atoms with Crippen molar-refractivity contribution in [1.82, 2.24) is 20.2 Å². The highest BCUT2D eigenvalue weighted by atomic mass is 16.2. The van der Waals surface area contributed by atoms with Gasteiger partial charge in [0.05, 0.1) is 0 Å². The average Bonchev–Trinajstić information content (AvgIpc) is 2.69. The third kappa shape index (κ3) is 5.29. The summed E-state index contributed by atoms with van der Waals surface area (Å²) in [5, 5.41) is 2.99. The molecule has 2 aromatic rings. The summed E-state index contributed by atoms with van der Waals surface area (Å²) in [6.07, 6.45) is 0.815. The van der Waals surface area contributed by atoms with Crippen LogP contribution in [0.2, 0.25) is 0 Å². The predicted molar refractivity (Wildman–Crippen MR) is 122 cm³/mol. The number of aromatic nitrogens is 2. The number of amides is 2. The molecule has 6 heteroatoms. The Bertz CT molecular complexity index is 885. The molecule has 1 N–H and O–H groups in total. The van der Waals surface area contributed by atoms with Gasteiger partial charge in [0.2, 0.25) is 0 Å². The van der Waals surface area contributed by atoms with Gasteiger partial charge in [-0.05, 0) is 33.3 Å². The molecule has 3 rings (SSSR count). The Kier molecular flexibility index (Phi) is 6.95. The van der Waals surface area contributed by atoms with Gasteiger partial charge in [0.25, 0.3) is 0 Å². The minimum absolute atomic E-state index is 0.0198. The number of benzene rings is 1. The number of hydrogen-bond acceptors (Lipinski definition) is 4. The monoisotopic (exact) mass is 409 g/mol. The Labute approximate surface area is 180 Å². The zero-order valence-electron chi connectivity index (χ0n) is 19.2. The lowest BCUT2D eigenvalue weighted by molar-refractivity contribution is 0.191. The number of aryl methyl sites for hydroxylation is 2. The Balaban J connectivity index is 1.86. The van der Waals surface area contributed by atoms with Gasteiger partial charge in [-0.3, -0.25) is 0 Å². The molecule has 0 radical (unpaired) electrons. The molecule has 1 aliphatic heterocycles. The molecule has 6 nitrogen and oxygen atoms in total. The van der Waals surface area contributed by atoms with Crippen LogP contribution in [0.25, 0.3) is 0 Å². The first-order valence-electron chi connectivity index (χ1n) is 11.0. The van der Waals surface area contributed by atoms with E-state index in [4.69, 9.17) is 9.97 Å². The van der Waals surface area contributed by atoms with E-state index in [-0.39, 0.29) is 18.0 Å². The van der Waals surface area contributed by atoms with Gasteiger partial charge in [-0.25, -0.2) is 14.8 Å². The van der Waals surface area contributed by atoms with Crippen LogP contribution in [0.5, 0.6) is 0 Å². The van der Waals surface area contributed by atoms with E-state index in [1.165, 1.54) is 16.7 Å². The summed E-state index contributed by atoms with van der Waals surface area (Å²) in [6, 6.07) is 8.79. The number of urea groups is 1. The van der Waals surface area contributed by atoms with Gasteiger partial charge < -0.3 is 15.1 Å². The van der Waals surface area contributed by atoms with E-state index >= 15 is 0 Å². The summed E-state index contributed by atoms with van der Waals surface area (Å²) < 4.78 is 0. The van der Waals surface area contributed by atoms with Crippen molar-refractivity contribution in [3.63, 3.8) is 0 Å². The number of nitrogens with zero attached hydrogens (tertiary/aromatic N) is 4. The SMILES string of the molecule is Cc1cccc(Cc2c(C)nc(C(C)C)nc2N2CCN(C(=O)NC(C)C)CC2)c1. The first kappa shape index (κ1) is 22.1. The summed E-state index contributed by atoms with van der Waals surface area (Å²) in [7, 11) is 0. The molecule has 0 bridgehead atoms. The van der Waals surface area contributed by atoms with Crippen LogP contribution in [0.1, 0.15) is 61.8 Å². The normalized spacial score (nSPS) is 14.5. The van der Waals surface area contributed by atoms with Crippen LogP contribution in [0.4, 0.5) is 10.6 Å². The zero-order chi connectivity index (χ0) is 21.8. The van der Waals surface area contributed by atoms with Crippen molar-refractivity contribution in [3.8, 4) is 0 Å². The molecule has 0 saturated carbocycles. The van der Waals surface area contributed by atoms with E-state index in [1.54, 1.807) is 0 Å². The van der Waals surface area contributed by atoms with E-state index < -0.39 is 0 Å². The fraction of sp³-hybridized carbons (Fsp3) is 0.542. The van der Waals surface area contributed by atoms with E-state index in [1.807, 2.05) is 18.7 Å². The Morgan fingerprint density at radius 3 is 2.37 bits per heavy atom. The molecule has 1 fully saturated rings. The smallest absolute Gasteiger partial charge is 0.317 e. The van der Waals surface area contributed by atoms with Crippen molar-refractivity contribution in [1.29, 1.82) is 0 Å². The molecule has 1 aromatic carbocycles. The van der Waals surface area contributed by atoms with E-state index in [0.717, 1.165) is 36.8 Å². The minimum atomic E-state index is 0.0198. The van der Waals surface area contributed by atoms with Gasteiger partial charge in [-0.1, -0.05) is 43.7 Å². The van der Waals surface area contributed by atoms with Crippen molar-refractivity contribution >= 4 is 11.8 Å². The maximum absolute atomic E-state index is 12.4. The second kappa shape index (κ2) is 9.45. The number of carbonyl (C=O) groups is 1. The molecule has 2 amide bonds. The Morgan fingerprint density at radius 2 is 1.77 bits per heavy atom. The molecule has 30 heavy (non-hydrogen) atoms. The lowest BCUT2D eigenvalue weighted by atomic mass is 10.0. The number of hydrogen-bond donors (Lipinski definition) is 1. The predicted octanol–water partition coefficient (Wildman–Crippen LogP) is 4.05.